The standard InChI is InChI=1S/C10H7F3N2O2/c1-17-8(16)3-6-7(11)2-5(4-14)15-9(6)10(12)13/h2,10H,3H2,1H3. The van der Waals surface area contributed by atoms with Gasteiger partial charge in [-0.1, -0.05) is 0 Å². The Bertz CT molecular complexity index is 483. The van der Waals surface area contributed by atoms with Crippen molar-refractivity contribution in [1.29, 1.82) is 5.26 Å². The number of carbonyl (C=O) groups excluding carboxylic acids is 1. The first-order chi connectivity index (χ1) is 7.99. The molecule has 0 saturated carbocycles. The van der Waals surface area contributed by atoms with Crippen molar-refractivity contribution in [2.75, 3.05) is 7.11 Å². The minimum atomic E-state index is -3.07. The number of methoxy groups -OCH3 is 1. The van der Waals surface area contributed by atoms with Crippen LogP contribution < -0.4 is 0 Å². The highest BCUT2D eigenvalue weighted by molar-refractivity contribution is 5.72. The van der Waals surface area contributed by atoms with Crippen molar-refractivity contribution in [1.82, 2.24) is 4.98 Å². The Hall–Kier alpha value is -2.10. The van der Waals surface area contributed by atoms with Gasteiger partial charge in [-0.05, 0) is 0 Å². The topological polar surface area (TPSA) is 63.0 Å². The van der Waals surface area contributed by atoms with Gasteiger partial charge in [0, 0.05) is 11.6 Å². The molecule has 0 amide bonds. The number of alkyl halides is 2. The zero-order chi connectivity index (χ0) is 13.0. The van der Waals surface area contributed by atoms with E-state index in [0.29, 0.717) is 6.07 Å². The maximum atomic E-state index is 13.4. The summed E-state index contributed by atoms with van der Waals surface area (Å²) in [5, 5.41) is 8.47. The van der Waals surface area contributed by atoms with Gasteiger partial charge in [-0.25, -0.2) is 18.2 Å². The minimum absolute atomic E-state index is 0.466. The highest BCUT2D eigenvalue weighted by Crippen LogP contribution is 2.24. The monoisotopic (exact) mass is 244 g/mol. The molecule has 90 valence electrons. The van der Waals surface area contributed by atoms with Crippen LogP contribution in [-0.2, 0) is 16.0 Å². The molecule has 1 heterocycles. The van der Waals surface area contributed by atoms with E-state index in [1.807, 2.05) is 0 Å². The number of rotatable bonds is 3. The summed E-state index contributed by atoms with van der Waals surface area (Å²) in [6, 6.07) is 2.16. The highest BCUT2D eigenvalue weighted by Gasteiger charge is 2.22. The third-order valence-corrected chi connectivity index (χ3v) is 1.97. The summed E-state index contributed by atoms with van der Waals surface area (Å²) in [6.45, 7) is 0. The van der Waals surface area contributed by atoms with Gasteiger partial charge < -0.3 is 4.74 Å². The number of pyridine rings is 1. The fourth-order valence-electron chi connectivity index (χ4n) is 1.19. The van der Waals surface area contributed by atoms with Crippen molar-refractivity contribution in [3.63, 3.8) is 0 Å². The van der Waals surface area contributed by atoms with E-state index in [0.717, 1.165) is 7.11 Å². The van der Waals surface area contributed by atoms with E-state index < -0.39 is 41.6 Å². The number of aromatic nitrogens is 1. The number of halogens is 3. The molecule has 0 aromatic carbocycles. The first kappa shape index (κ1) is 13.0. The molecule has 1 rings (SSSR count). The average Bonchev–Trinajstić information content (AvgIpc) is 2.30. The van der Waals surface area contributed by atoms with E-state index in [2.05, 4.69) is 9.72 Å². The van der Waals surface area contributed by atoms with Gasteiger partial charge in [0.05, 0.1) is 13.5 Å². The van der Waals surface area contributed by atoms with Crippen LogP contribution >= 0.6 is 0 Å². The maximum absolute atomic E-state index is 13.4. The van der Waals surface area contributed by atoms with Crippen LogP contribution in [0.15, 0.2) is 6.07 Å². The number of carbonyl (C=O) groups is 1. The molecule has 0 N–H and O–H groups in total. The molecular formula is C10H7F3N2O2. The lowest BCUT2D eigenvalue weighted by Gasteiger charge is -2.08. The lowest BCUT2D eigenvalue weighted by molar-refractivity contribution is -0.139. The molecule has 1 aromatic rings. The Kier molecular flexibility index (Phi) is 4.04. The van der Waals surface area contributed by atoms with Gasteiger partial charge in [-0.15, -0.1) is 0 Å². The Balaban J connectivity index is 3.27. The van der Waals surface area contributed by atoms with Gasteiger partial charge in [0.15, 0.2) is 0 Å². The van der Waals surface area contributed by atoms with E-state index >= 15 is 0 Å². The summed E-state index contributed by atoms with van der Waals surface area (Å²) in [5.74, 6) is -1.94. The molecule has 7 heteroatoms. The number of ether oxygens (including phenoxy) is 1. The van der Waals surface area contributed by atoms with Crippen LogP contribution in [0.4, 0.5) is 13.2 Å². The number of esters is 1. The van der Waals surface area contributed by atoms with Gasteiger partial charge in [-0.3, -0.25) is 4.79 Å². The Morgan fingerprint density at radius 1 is 1.65 bits per heavy atom. The van der Waals surface area contributed by atoms with Crippen LogP contribution in [0.25, 0.3) is 0 Å². The quantitative estimate of drug-likeness (QED) is 0.760. The fourth-order valence-corrected chi connectivity index (χ4v) is 1.19. The molecule has 0 saturated heterocycles. The van der Waals surface area contributed by atoms with E-state index in [1.165, 1.54) is 6.07 Å². The zero-order valence-electron chi connectivity index (χ0n) is 8.71. The first-order valence-electron chi connectivity index (χ1n) is 4.44. The largest absolute Gasteiger partial charge is 0.469 e. The van der Waals surface area contributed by atoms with Gasteiger partial charge >= 0.3 is 5.97 Å². The van der Waals surface area contributed by atoms with E-state index in [-0.39, 0.29) is 0 Å². The lowest BCUT2D eigenvalue weighted by Crippen LogP contribution is -2.11. The van der Waals surface area contributed by atoms with E-state index in [4.69, 9.17) is 5.26 Å². The van der Waals surface area contributed by atoms with Gasteiger partial charge in [-0.2, -0.15) is 5.26 Å². The molecular weight excluding hydrogens is 237 g/mol. The van der Waals surface area contributed by atoms with Gasteiger partial charge in [0.1, 0.15) is 23.3 Å². The first-order valence-corrected chi connectivity index (χ1v) is 4.44. The second kappa shape index (κ2) is 5.30. The molecule has 0 atom stereocenters. The van der Waals surface area contributed by atoms with Crippen molar-refractivity contribution < 1.29 is 22.7 Å². The Morgan fingerprint density at radius 3 is 2.76 bits per heavy atom. The molecule has 0 spiro atoms. The molecule has 0 aliphatic rings. The van der Waals surface area contributed by atoms with Crippen LogP contribution in [0.3, 0.4) is 0 Å². The smallest absolute Gasteiger partial charge is 0.310 e. The normalized spacial score (nSPS) is 10.1. The van der Waals surface area contributed by atoms with Gasteiger partial charge in [0.25, 0.3) is 6.43 Å². The van der Waals surface area contributed by atoms with Crippen molar-refractivity contribution in [2.45, 2.75) is 12.8 Å². The SMILES string of the molecule is COC(=O)Cc1c(F)cc(C#N)nc1C(F)F. The molecule has 0 bridgehead atoms. The van der Waals surface area contributed by atoms with Crippen molar-refractivity contribution in [3.8, 4) is 6.07 Å². The summed E-state index contributed by atoms with van der Waals surface area (Å²) in [6.07, 6.45) is -3.72. The maximum Gasteiger partial charge on any atom is 0.310 e. The number of hydrogen-bond acceptors (Lipinski definition) is 4. The van der Waals surface area contributed by atoms with E-state index in [1.54, 1.807) is 0 Å². The molecule has 0 aliphatic carbocycles. The molecule has 1 aromatic heterocycles. The minimum Gasteiger partial charge on any atom is -0.469 e. The molecule has 4 nitrogen and oxygen atoms in total. The Labute approximate surface area is 94.6 Å². The van der Waals surface area contributed by atoms with E-state index in [9.17, 15) is 18.0 Å². The third-order valence-electron chi connectivity index (χ3n) is 1.97. The third kappa shape index (κ3) is 2.93. The predicted octanol–water partition coefficient (Wildman–Crippen LogP) is 1.75. The fraction of sp³-hybridized carbons (Fsp3) is 0.300. The second-order valence-corrected chi connectivity index (χ2v) is 3.02. The Morgan fingerprint density at radius 2 is 2.29 bits per heavy atom. The summed E-state index contributed by atoms with van der Waals surface area (Å²) in [4.78, 5) is 14.2. The second-order valence-electron chi connectivity index (χ2n) is 3.02. The summed E-state index contributed by atoms with van der Waals surface area (Å²) >= 11 is 0. The van der Waals surface area contributed by atoms with Crippen LogP contribution in [0.1, 0.15) is 23.4 Å². The predicted molar refractivity (Wildman–Crippen MR) is 49.6 cm³/mol. The van der Waals surface area contributed by atoms with Crippen LogP contribution in [-0.4, -0.2) is 18.1 Å². The summed E-state index contributed by atoms with van der Waals surface area (Å²) in [7, 11) is 1.05. The van der Waals surface area contributed by atoms with Crippen LogP contribution in [0, 0.1) is 17.1 Å². The molecule has 0 aliphatic heterocycles. The molecule has 17 heavy (non-hydrogen) atoms. The highest BCUT2D eigenvalue weighted by atomic mass is 19.3. The van der Waals surface area contributed by atoms with Gasteiger partial charge in [0.2, 0.25) is 0 Å². The lowest BCUT2D eigenvalue weighted by atomic mass is 10.1. The number of nitriles is 1. The van der Waals surface area contributed by atoms with Crippen LogP contribution in [0.5, 0.6) is 0 Å². The molecule has 0 fully saturated rings. The summed E-state index contributed by atoms with van der Waals surface area (Å²) < 4.78 is 42.9. The molecule has 0 unspecified atom stereocenters. The average molecular weight is 244 g/mol. The van der Waals surface area contributed by atoms with Crippen molar-refractivity contribution in [2.24, 2.45) is 0 Å². The molecule has 0 radical (unpaired) electrons. The number of nitrogens with zero attached hydrogens (tertiary/aromatic N) is 2. The zero-order valence-corrected chi connectivity index (χ0v) is 8.71. The number of hydrogen-bond donors (Lipinski definition) is 0. The van der Waals surface area contributed by atoms with Crippen molar-refractivity contribution >= 4 is 5.97 Å². The van der Waals surface area contributed by atoms with Crippen LogP contribution in [0.2, 0.25) is 0 Å². The van der Waals surface area contributed by atoms with Crippen molar-refractivity contribution in [3.05, 3.63) is 28.8 Å². The summed E-state index contributed by atoms with van der Waals surface area (Å²) in [5.41, 5.74) is -1.93.